The number of amides is 1. The number of benzene rings is 1. The molecular formula is C19H20N4O3. The fourth-order valence-electron chi connectivity index (χ4n) is 4.26. The Morgan fingerprint density at radius 2 is 2.00 bits per heavy atom. The second kappa shape index (κ2) is 6.46. The number of hydrogen-bond acceptors (Lipinski definition) is 5. The molecule has 1 fully saturated rings. The monoisotopic (exact) mass is 352 g/mol. The summed E-state index contributed by atoms with van der Waals surface area (Å²) in [5.74, 6) is 0.108. The van der Waals surface area contributed by atoms with E-state index >= 15 is 0 Å². The standard InChI is InChI=1S/C19H20N4O3/c20-9-13-2-1-12-3-4-16(24)23-11-14(17(13)18(12)23)10-22-7-5-15(6-8-22)26-19(21)25/h1-4,14-15H,5-8,10-11H2,(H2,21,25). The molecule has 1 amide bonds. The normalized spacial score (nSPS) is 20.2. The quantitative estimate of drug-likeness (QED) is 0.903. The summed E-state index contributed by atoms with van der Waals surface area (Å²) in [6, 6.07) is 9.45. The van der Waals surface area contributed by atoms with Crippen LogP contribution in [0.1, 0.15) is 29.9 Å². The highest BCUT2D eigenvalue weighted by atomic mass is 16.6. The molecule has 3 heterocycles. The van der Waals surface area contributed by atoms with Gasteiger partial charge in [0.05, 0.1) is 17.1 Å². The summed E-state index contributed by atoms with van der Waals surface area (Å²) in [7, 11) is 0. The number of hydrogen-bond donors (Lipinski definition) is 1. The van der Waals surface area contributed by atoms with Gasteiger partial charge in [-0.25, -0.2) is 4.79 Å². The third kappa shape index (κ3) is 2.82. The number of likely N-dealkylation sites (tertiary alicyclic amines) is 1. The SMILES string of the molecule is N#Cc1ccc2ccc(=O)n3c2c1C(CN1CCC(OC(N)=O)CC1)C3. The van der Waals surface area contributed by atoms with Crippen molar-refractivity contribution in [2.24, 2.45) is 5.73 Å². The molecular weight excluding hydrogens is 332 g/mol. The lowest BCUT2D eigenvalue weighted by Crippen LogP contribution is -2.40. The number of carbonyl (C=O) groups is 1. The maximum Gasteiger partial charge on any atom is 0.404 e. The van der Waals surface area contributed by atoms with Crippen molar-refractivity contribution < 1.29 is 9.53 Å². The summed E-state index contributed by atoms with van der Waals surface area (Å²) < 4.78 is 6.87. The minimum atomic E-state index is -0.723. The van der Waals surface area contributed by atoms with Crippen LogP contribution in [0.5, 0.6) is 0 Å². The number of nitrogens with zero attached hydrogens (tertiary/aromatic N) is 3. The van der Waals surface area contributed by atoms with E-state index in [1.165, 1.54) is 0 Å². The Labute approximate surface area is 150 Å². The minimum Gasteiger partial charge on any atom is -0.446 e. The molecule has 2 aliphatic heterocycles. The van der Waals surface area contributed by atoms with Gasteiger partial charge in [0.15, 0.2) is 0 Å². The molecule has 7 heteroatoms. The molecule has 134 valence electrons. The average Bonchev–Trinajstić information content (AvgIpc) is 3.01. The summed E-state index contributed by atoms with van der Waals surface area (Å²) in [5, 5.41) is 10.5. The van der Waals surface area contributed by atoms with Gasteiger partial charge in [-0.15, -0.1) is 0 Å². The summed E-state index contributed by atoms with van der Waals surface area (Å²) >= 11 is 0. The first-order valence-electron chi connectivity index (χ1n) is 8.82. The van der Waals surface area contributed by atoms with Crippen LogP contribution in [-0.2, 0) is 11.3 Å². The number of aromatic nitrogens is 1. The predicted molar refractivity (Wildman–Crippen MR) is 95.8 cm³/mol. The van der Waals surface area contributed by atoms with E-state index in [9.17, 15) is 14.9 Å². The number of nitriles is 1. The Morgan fingerprint density at radius 3 is 2.69 bits per heavy atom. The third-order valence-electron chi connectivity index (χ3n) is 5.42. The first-order valence-corrected chi connectivity index (χ1v) is 8.82. The van der Waals surface area contributed by atoms with Crippen LogP contribution in [0.3, 0.4) is 0 Å². The number of pyridine rings is 1. The van der Waals surface area contributed by atoms with Crippen LogP contribution in [0, 0.1) is 11.3 Å². The number of ether oxygens (including phenoxy) is 1. The zero-order valence-corrected chi connectivity index (χ0v) is 14.4. The largest absolute Gasteiger partial charge is 0.446 e. The number of piperidine rings is 1. The Bertz CT molecular complexity index is 967. The van der Waals surface area contributed by atoms with Crippen LogP contribution in [0.4, 0.5) is 4.79 Å². The Morgan fingerprint density at radius 1 is 1.27 bits per heavy atom. The molecule has 2 aliphatic rings. The van der Waals surface area contributed by atoms with Gasteiger partial charge >= 0.3 is 6.09 Å². The van der Waals surface area contributed by atoms with Crippen molar-refractivity contribution in [3.05, 3.63) is 45.7 Å². The highest BCUT2D eigenvalue weighted by Gasteiger charge is 2.31. The molecule has 1 saturated heterocycles. The predicted octanol–water partition coefficient (Wildman–Crippen LogP) is 1.53. The maximum atomic E-state index is 12.3. The molecule has 2 N–H and O–H groups in total. The van der Waals surface area contributed by atoms with Crippen LogP contribution in [0.2, 0.25) is 0 Å². The lowest BCUT2D eigenvalue weighted by molar-refractivity contribution is 0.0542. The second-order valence-corrected chi connectivity index (χ2v) is 6.99. The molecule has 0 radical (unpaired) electrons. The van der Waals surface area contributed by atoms with Crippen molar-refractivity contribution >= 4 is 17.0 Å². The zero-order chi connectivity index (χ0) is 18.3. The molecule has 1 atom stereocenters. The smallest absolute Gasteiger partial charge is 0.404 e. The Kier molecular flexibility index (Phi) is 4.13. The lowest BCUT2D eigenvalue weighted by Gasteiger charge is -2.33. The number of nitrogens with two attached hydrogens (primary N) is 1. The summed E-state index contributed by atoms with van der Waals surface area (Å²) in [4.78, 5) is 25.5. The summed E-state index contributed by atoms with van der Waals surface area (Å²) in [5.41, 5.74) is 7.59. The summed E-state index contributed by atoms with van der Waals surface area (Å²) in [6.07, 6.45) is 0.653. The average molecular weight is 352 g/mol. The van der Waals surface area contributed by atoms with Crippen LogP contribution < -0.4 is 11.3 Å². The number of primary amides is 1. The van der Waals surface area contributed by atoms with Gasteiger partial charge in [0.1, 0.15) is 6.10 Å². The van der Waals surface area contributed by atoms with Gasteiger partial charge in [-0.3, -0.25) is 4.79 Å². The molecule has 0 saturated carbocycles. The van der Waals surface area contributed by atoms with Gasteiger partial charge in [0, 0.05) is 43.7 Å². The van der Waals surface area contributed by atoms with Gasteiger partial charge in [0.2, 0.25) is 0 Å². The van der Waals surface area contributed by atoms with Crippen LogP contribution in [0.15, 0.2) is 29.1 Å². The second-order valence-electron chi connectivity index (χ2n) is 6.99. The molecule has 1 aromatic heterocycles. The Balaban J connectivity index is 1.57. The molecule has 26 heavy (non-hydrogen) atoms. The number of carbonyl (C=O) groups excluding carboxylic acids is 1. The van der Waals surface area contributed by atoms with Crippen molar-refractivity contribution in [1.82, 2.24) is 9.47 Å². The van der Waals surface area contributed by atoms with E-state index in [2.05, 4.69) is 11.0 Å². The zero-order valence-electron chi connectivity index (χ0n) is 14.4. The van der Waals surface area contributed by atoms with Crippen molar-refractivity contribution in [2.75, 3.05) is 19.6 Å². The Hall–Kier alpha value is -2.85. The topological polar surface area (TPSA) is 101 Å². The fourth-order valence-corrected chi connectivity index (χ4v) is 4.26. The molecule has 0 aliphatic carbocycles. The molecule has 0 spiro atoms. The van der Waals surface area contributed by atoms with Crippen molar-refractivity contribution in [3.8, 4) is 6.07 Å². The summed E-state index contributed by atoms with van der Waals surface area (Å²) in [6.45, 7) is 2.98. The van der Waals surface area contributed by atoms with Crippen LogP contribution in [-0.4, -0.2) is 41.3 Å². The highest BCUT2D eigenvalue weighted by Crippen LogP contribution is 2.36. The number of rotatable bonds is 3. The van der Waals surface area contributed by atoms with Gasteiger partial charge in [-0.1, -0.05) is 6.07 Å². The molecule has 0 bridgehead atoms. The van der Waals surface area contributed by atoms with E-state index in [-0.39, 0.29) is 17.6 Å². The van der Waals surface area contributed by atoms with Crippen LogP contribution in [0.25, 0.3) is 10.9 Å². The van der Waals surface area contributed by atoms with Crippen molar-refractivity contribution in [2.45, 2.75) is 31.4 Å². The van der Waals surface area contributed by atoms with Gasteiger partial charge < -0.3 is 19.9 Å². The molecule has 1 unspecified atom stereocenters. The van der Waals surface area contributed by atoms with Crippen molar-refractivity contribution in [1.29, 1.82) is 5.26 Å². The van der Waals surface area contributed by atoms with E-state index in [0.29, 0.717) is 12.1 Å². The van der Waals surface area contributed by atoms with Crippen molar-refractivity contribution in [3.63, 3.8) is 0 Å². The lowest BCUT2D eigenvalue weighted by atomic mass is 9.93. The maximum absolute atomic E-state index is 12.3. The van der Waals surface area contributed by atoms with E-state index in [1.54, 1.807) is 10.6 Å². The van der Waals surface area contributed by atoms with E-state index in [4.69, 9.17) is 10.5 Å². The molecule has 1 aromatic carbocycles. The van der Waals surface area contributed by atoms with Gasteiger partial charge in [0.25, 0.3) is 5.56 Å². The molecule has 7 nitrogen and oxygen atoms in total. The molecule has 4 rings (SSSR count). The minimum absolute atomic E-state index is 0.0232. The highest BCUT2D eigenvalue weighted by molar-refractivity contribution is 5.86. The first kappa shape index (κ1) is 16.6. The van der Waals surface area contributed by atoms with E-state index in [1.807, 2.05) is 18.2 Å². The van der Waals surface area contributed by atoms with Gasteiger partial charge in [-0.2, -0.15) is 5.26 Å². The van der Waals surface area contributed by atoms with Crippen LogP contribution >= 0.6 is 0 Å². The van der Waals surface area contributed by atoms with Gasteiger partial charge in [-0.05, 0) is 30.4 Å². The van der Waals surface area contributed by atoms with E-state index < -0.39 is 6.09 Å². The van der Waals surface area contributed by atoms with E-state index in [0.717, 1.165) is 48.9 Å². The fraction of sp³-hybridized carbons (Fsp3) is 0.421. The third-order valence-corrected chi connectivity index (χ3v) is 5.42. The molecule has 2 aromatic rings. The first-order chi connectivity index (χ1) is 12.6.